The fourth-order valence-corrected chi connectivity index (χ4v) is 3.25. The third-order valence-corrected chi connectivity index (χ3v) is 4.73. The van der Waals surface area contributed by atoms with E-state index in [1.807, 2.05) is 30.3 Å². The maximum atomic E-state index is 13.5. The summed E-state index contributed by atoms with van der Waals surface area (Å²) in [6, 6.07) is 13.0. The van der Waals surface area contributed by atoms with E-state index in [9.17, 15) is 9.18 Å². The van der Waals surface area contributed by atoms with E-state index < -0.39 is 0 Å². The van der Waals surface area contributed by atoms with Crippen LogP contribution in [-0.2, 0) is 17.8 Å². The minimum absolute atomic E-state index is 0.0507. The highest BCUT2D eigenvalue weighted by atomic mass is 32.1. The first-order chi connectivity index (χ1) is 11.1. The number of benzene rings is 2. The molecular weight excluding hydrogens is 311 g/mol. The number of para-hydroxylation sites is 1. The van der Waals surface area contributed by atoms with E-state index in [2.05, 4.69) is 10.3 Å². The molecular formula is C18H17FN2OS. The van der Waals surface area contributed by atoms with Crippen LogP contribution in [0, 0.1) is 12.7 Å². The van der Waals surface area contributed by atoms with Gasteiger partial charge in [0.2, 0.25) is 5.91 Å². The van der Waals surface area contributed by atoms with Crippen molar-refractivity contribution in [3.8, 4) is 0 Å². The van der Waals surface area contributed by atoms with Crippen LogP contribution in [0.2, 0.25) is 0 Å². The summed E-state index contributed by atoms with van der Waals surface area (Å²) in [5.74, 6) is -0.295. The zero-order valence-corrected chi connectivity index (χ0v) is 13.6. The summed E-state index contributed by atoms with van der Waals surface area (Å²) in [4.78, 5) is 16.4. The van der Waals surface area contributed by atoms with Crippen molar-refractivity contribution in [2.75, 3.05) is 0 Å². The number of carbonyl (C=O) groups is 1. The molecule has 0 aliphatic rings. The highest BCUT2D eigenvalue weighted by Gasteiger charge is 2.07. The number of carbonyl (C=O) groups excluding carboxylic acids is 1. The Morgan fingerprint density at radius 1 is 1.26 bits per heavy atom. The molecule has 23 heavy (non-hydrogen) atoms. The number of nitrogens with zero attached hydrogens (tertiary/aromatic N) is 1. The third kappa shape index (κ3) is 3.93. The maximum absolute atomic E-state index is 13.5. The van der Waals surface area contributed by atoms with Gasteiger partial charge in [-0.3, -0.25) is 4.79 Å². The molecule has 1 aromatic heterocycles. The highest BCUT2D eigenvalue weighted by Crippen LogP contribution is 2.22. The Morgan fingerprint density at radius 3 is 2.87 bits per heavy atom. The van der Waals surface area contributed by atoms with E-state index in [-0.39, 0.29) is 11.7 Å². The Morgan fingerprint density at radius 2 is 2.09 bits per heavy atom. The molecule has 0 bridgehead atoms. The van der Waals surface area contributed by atoms with Crippen LogP contribution in [0.3, 0.4) is 0 Å². The van der Waals surface area contributed by atoms with Crippen LogP contribution in [0.25, 0.3) is 10.2 Å². The molecule has 3 rings (SSSR count). The smallest absolute Gasteiger partial charge is 0.220 e. The zero-order valence-electron chi connectivity index (χ0n) is 12.8. The average molecular weight is 328 g/mol. The second-order valence-corrected chi connectivity index (χ2v) is 6.55. The Labute approximate surface area is 138 Å². The van der Waals surface area contributed by atoms with Crippen molar-refractivity contribution in [1.29, 1.82) is 0 Å². The molecule has 118 valence electrons. The van der Waals surface area contributed by atoms with E-state index in [4.69, 9.17) is 0 Å². The first kappa shape index (κ1) is 15.6. The van der Waals surface area contributed by atoms with Crippen molar-refractivity contribution in [3.05, 3.63) is 64.4 Å². The average Bonchev–Trinajstić information content (AvgIpc) is 2.97. The fraction of sp³-hybridized carbons (Fsp3) is 0.222. The quantitative estimate of drug-likeness (QED) is 0.769. The third-order valence-electron chi connectivity index (χ3n) is 3.63. The maximum Gasteiger partial charge on any atom is 0.220 e. The number of halogens is 1. The lowest BCUT2D eigenvalue weighted by atomic mass is 10.1. The van der Waals surface area contributed by atoms with Gasteiger partial charge in [-0.25, -0.2) is 9.37 Å². The van der Waals surface area contributed by atoms with Gasteiger partial charge in [0.05, 0.1) is 15.2 Å². The molecule has 0 fully saturated rings. The number of nitrogens with one attached hydrogen (secondary N) is 1. The molecule has 0 saturated heterocycles. The summed E-state index contributed by atoms with van der Waals surface area (Å²) in [5.41, 5.74) is 2.35. The number of thiazole rings is 1. The van der Waals surface area contributed by atoms with Crippen molar-refractivity contribution in [2.24, 2.45) is 0 Å². The number of aromatic nitrogens is 1. The molecule has 3 nitrogen and oxygen atoms in total. The fourth-order valence-electron chi connectivity index (χ4n) is 2.28. The molecule has 2 aromatic carbocycles. The van der Waals surface area contributed by atoms with Crippen molar-refractivity contribution < 1.29 is 9.18 Å². The first-order valence-electron chi connectivity index (χ1n) is 7.48. The van der Waals surface area contributed by atoms with Crippen molar-refractivity contribution in [1.82, 2.24) is 10.3 Å². The minimum atomic E-state index is -0.244. The Kier molecular flexibility index (Phi) is 4.67. The molecule has 5 heteroatoms. The molecule has 3 aromatic rings. The van der Waals surface area contributed by atoms with Crippen molar-refractivity contribution in [3.63, 3.8) is 0 Å². The van der Waals surface area contributed by atoms with E-state index in [0.717, 1.165) is 20.8 Å². The molecule has 1 N–H and O–H groups in total. The standard InChI is InChI=1S/C18H17FN2OS/c1-12-6-7-13(10-14(12)19)11-20-17(22)8-9-18-21-15-4-2-3-5-16(15)23-18/h2-7,10H,8-9,11H2,1H3,(H,20,22). The summed E-state index contributed by atoms with van der Waals surface area (Å²) in [7, 11) is 0. The number of fused-ring (bicyclic) bond motifs is 1. The lowest BCUT2D eigenvalue weighted by Crippen LogP contribution is -2.23. The number of rotatable bonds is 5. The van der Waals surface area contributed by atoms with E-state index in [1.54, 1.807) is 24.3 Å². The van der Waals surface area contributed by atoms with Gasteiger partial charge in [-0.2, -0.15) is 0 Å². The van der Waals surface area contributed by atoms with Gasteiger partial charge in [-0.15, -0.1) is 11.3 Å². The minimum Gasteiger partial charge on any atom is -0.352 e. The zero-order chi connectivity index (χ0) is 16.2. The first-order valence-corrected chi connectivity index (χ1v) is 8.29. The number of hydrogen-bond acceptors (Lipinski definition) is 3. The largest absolute Gasteiger partial charge is 0.352 e. The Balaban J connectivity index is 1.52. The number of hydrogen-bond donors (Lipinski definition) is 1. The highest BCUT2D eigenvalue weighted by molar-refractivity contribution is 7.18. The van der Waals surface area contributed by atoms with Crippen LogP contribution in [0.15, 0.2) is 42.5 Å². The second kappa shape index (κ2) is 6.87. The van der Waals surface area contributed by atoms with Gasteiger partial charge in [-0.1, -0.05) is 24.3 Å². The van der Waals surface area contributed by atoms with Gasteiger partial charge in [0.25, 0.3) is 0 Å². The second-order valence-electron chi connectivity index (χ2n) is 5.44. The Hall–Kier alpha value is -2.27. The van der Waals surface area contributed by atoms with Crippen LogP contribution in [0.4, 0.5) is 4.39 Å². The van der Waals surface area contributed by atoms with Crippen LogP contribution < -0.4 is 5.32 Å². The summed E-state index contributed by atoms with van der Waals surface area (Å²) in [6.45, 7) is 2.06. The van der Waals surface area contributed by atoms with Gasteiger partial charge >= 0.3 is 0 Å². The molecule has 0 unspecified atom stereocenters. The molecule has 0 saturated carbocycles. The lowest BCUT2D eigenvalue weighted by Gasteiger charge is -2.06. The van der Waals surface area contributed by atoms with Gasteiger partial charge in [0.15, 0.2) is 0 Å². The number of amides is 1. The summed E-state index contributed by atoms with van der Waals surface area (Å²) in [5, 5.41) is 3.78. The normalized spacial score (nSPS) is 10.9. The van der Waals surface area contributed by atoms with E-state index in [0.29, 0.717) is 24.9 Å². The van der Waals surface area contributed by atoms with Crippen molar-refractivity contribution in [2.45, 2.75) is 26.3 Å². The SMILES string of the molecule is Cc1ccc(CNC(=O)CCc2nc3ccccc3s2)cc1F. The van der Waals surface area contributed by atoms with Gasteiger partial charge in [0, 0.05) is 19.4 Å². The molecule has 0 aliphatic heterocycles. The molecule has 0 atom stereocenters. The van der Waals surface area contributed by atoms with Crippen LogP contribution >= 0.6 is 11.3 Å². The van der Waals surface area contributed by atoms with Gasteiger partial charge < -0.3 is 5.32 Å². The van der Waals surface area contributed by atoms with Crippen LogP contribution in [0.1, 0.15) is 22.6 Å². The molecule has 1 amide bonds. The van der Waals surface area contributed by atoms with Crippen LogP contribution in [0.5, 0.6) is 0 Å². The Bertz CT molecular complexity index is 811. The molecule has 0 spiro atoms. The topological polar surface area (TPSA) is 42.0 Å². The molecule has 0 aliphatic carbocycles. The summed E-state index contributed by atoms with van der Waals surface area (Å²) in [6.07, 6.45) is 1.00. The van der Waals surface area contributed by atoms with E-state index in [1.165, 1.54) is 6.07 Å². The monoisotopic (exact) mass is 328 g/mol. The number of aryl methyl sites for hydroxylation is 2. The van der Waals surface area contributed by atoms with Gasteiger partial charge in [0.1, 0.15) is 5.82 Å². The van der Waals surface area contributed by atoms with Crippen molar-refractivity contribution >= 4 is 27.5 Å². The lowest BCUT2D eigenvalue weighted by molar-refractivity contribution is -0.121. The molecule has 1 heterocycles. The summed E-state index contributed by atoms with van der Waals surface area (Å²) >= 11 is 1.62. The predicted octanol–water partition coefficient (Wildman–Crippen LogP) is 3.99. The van der Waals surface area contributed by atoms with Crippen LogP contribution in [-0.4, -0.2) is 10.9 Å². The van der Waals surface area contributed by atoms with E-state index >= 15 is 0 Å². The van der Waals surface area contributed by atoms with Gasteiger partial charge in [-0.05, 0) is 36.2 Å². The summed E-state index contributed by atoms with van der Waals surface area (Å²) < 4.78 is 14.6. The predicted molar refractivity (Wildman–Crippen MR) is 90.9 cm³/mol. The molecule has 0 radical (unpaired) electrons.